The lowest BCUT2D eigenvalue weighted by atomic mass is 10.2. The molecular weight excluding hydrogens is 250 g/mol. The van der Waals surface area contributed by atoms with Crippen molar-refractivity contribution in [3.63, 3.8) is 0 Å². The van der Waals surface area contributed by atoms with Crippen molar-refractivity contribution in [1.82, 2.24) is 9.78 Å². The summed E-state index contributed by atoms with van der Waals surface area (Å²) in [6.07, 6.45) is 0. The molecule has 2 rings (SSSR count). The summed E-state index contributed by atoms with van der Waals surface area (Å²) in [5.41, 5.74) is 8.36. The molecule has 2 aromatic rings. The minimum absolute atomic E-state index is 0.383. The van der Waals surface area contributed by atoms with Crippen molar-refractivity contribution < 1.29 is 4.74 Å². The number of rotatable bonds is 3. The van der Waals surface area contributed by atoms with Gasteiger partial charge in [0.2, 0.25) is 0 Å². The number of aryl methyl sites for hydroxylation is 2. The highest BCUT2D eigenvalue weighted by molar-refractivity contribution is 6.32. The second kappa shape index (κ2) is 5.00. The molecule has 18 heavy (non-hydrogen) atoms. The molecule has 0 amide bonds. The Morgan fingerprint density at radius 3 is 2.61 bits per heavy atom. The molecule has 4 nitrogen and oxygen atoms in total. The maximum Gasteiger partial charge on any atom is 0.171 e. The summed E-state index contributed by atoms with van der Waals surface area (Å²) in [4.78, 5) is 0. The van der Waals surface area contributed by atoms with Gasteiger partial charge in [-0.05, 0) is 19.9 Å². The fraction of sp³-hybridized carbons (Fsp3) is 0.308. The fourth-order valence-electron chi connectivity index (χ4n) is 1.83. The Labute approximate surface area is 111 Å². The van der Waals surface area contributed by atoms with Gasteiger partial charge in [0.05, 0.1) is 10.7 Å². The highest BCUT2D eigenvalue weighted by Crippen LogP contribution is 2.35. The van der Waals surface area contributed by atoms with Crippen LogP contribution in [0.25, 0.3) is 0 Å². The van der Waals surface area contributed by atoms with Crippen molar-refractivity contribution in [2.24, 2.45) is 12.8 Å². The summed E-state index contributed by atoms with van der Waals surface area (Å²) >= 11 is 6.16. The second-order valence-electron chi connectivity index (χ2n) is 4.16. The minimum Gasteiger partial charge on any atom is -0.452 e. The molecule has 0 atom stereocenters. The van der Waals surface area contributed by atoms with Crippen molar-refractivity contribution >= 4 is 11.6 Å². The van der Waals surface area contributed by atoms with Gasteiger partial charge in [0.1, 0.15) is 5.69 Å². The molecule has 0 radical (unpaired) electrons. The number of aromatic nitrogens is 2. The van der Waals surface area contributed by atoms with E-state index >= 15 is 0 Å². The van der Waals surface area contributed by atoms with Crippen LogP contribution in [0.1, 0.15) is 17.0 Å². The molecule has 0 unspecified atom stereocenters. The number of benzene rings is 1. The summed E-state index contributed by atoms with van der Waals surface area (Å²) in [7, 11) is 1.88. The van der Waals surface area contributed by atoms with Gasteiger partial charge in [0.15, 0.2) is 11.5 Å². The van der Waals surface area contributed by atoms with Gasteiger partial charge >= 0.3 is 0 Å². The molecule has 0 saturated carbocycles. The van der Waals surface area contributed by atoms with Crippen molar-refractivity contribution in [2.45, 2.75) is 20.4 Å². The van der Waals surface area contributed by atoms with Gasteiger partial charge in [0.25, 0.3) is 0 Å². The van der Waals surface area contributed by atoms with Crippen LogP contribution in [0, 0.1) is 13.8 Å². The van der Waals surface area contributed by atoms with Crippen LogP contribution >= 0.6 is 11.6 Å². The zero-order chi connectivity index (χ0) is 13.3. The van der Waals surface area contributed by atoms with Gasteiger partial charge in [-0.15, -0.1) is 0 Å². The standard InChI is InChI=1S/C13H16ClN3O/c1-8-12(9(2)17(3)16-8)18-13-10(7-15)5-4-6-11(13)14/h4-6H,7,15H2,1-3H3. The Kier molecular flexibility index (Phi) is 3.59. The van der Waals surface area contributed by atoms with Crippen LogP contribution < -0.4 is 10.5 Å². The van der Waals surface area contributed by atoms with Crippen LogP contribution in [0.5, 0.6) is 11.5 Å². The van der Waals surface area contributed by atoms with Crippen LogP contribution in [0.3, 0.4) is 0 Å². The van der Waals surface area contributed by atoms with E-state index in [1.165, 1.54) is 0 Å². The second-order valence-corrected chi connectivity index (χ2v) is 4.57. The topological polar surface area (TPSA) is 53.1 Å². The van der Waals surface area contributed by atoms with Gasteiger partial charge in [0, 0.05) is 19.2 Å². The van der Waals surface area contributed by atoms with Crippen molar-refractivity contribution in [3.05, 3.63) is 40.2 Å². The Morgan fingerprint density at radius 1 is 1.33 bits per heavy atom. The highest BCUT2D eigenvalue weighted by Gasteiger charge is 2.15. The summed E-state index contributed by atoms with van der Waals surface area (Å²) in [5.74, 6) is 1.35. The number of halogens is 1. The number of hydrogen-bond donors (Lipinski definition) is 1. The molecule has 0 aliphatic rings. The van der Waals surface area contributed by atoms with Gasteiger partial charge < -0.3 is 10.5 Å². The highest BCUT2D eigenvalue weighted by atomic mass is 35.5. The van der Waals surface area contributed by atoms with E-state index in [9.17, 15) is 0 Å². The summed E-state index contributed by atoms with van der Waals surface area (Å²) < 4.78 is 7.70. The normalized spacial score (nSPS) is 10.7. The first-order valence-corrected chi connectivity index (χ1v) is 6.08. The average molecular weight is 266 g/mol. The molecule has 0 spiro atoms. The Hall–Kier alpha value is -1.52. The fourth-order valence-corrected chi connectivity index (χ4v) is 2.07. The largest absolute Gasteiger partial charge is 0.452 e. The third kappa shape index (κ3) is 2.21. The SMILES string of the molecule is Cc1nn(C)c(C)c1Oc1c(Cl)cccc1CN. The molecule has 0 bridgehead atoms. The molecule has 0 aliphatic carbocycles. The van der Waals surface area contributed by atoms with E-state index in [0.717, 1.165) is 22.7 Å². The minimum atomic E-state index is 0.383. The lowest BCUT2D eigenvalue weighted by Crippen LogP contribution is -2.00. The predicted octanol–water partition coefficient (Wildman–Crippen LogP) is 2.94. The maximum atomic E-state index is 6.16. The van der Waals surface area contributed by atoms with E-state index in [4.69, 9.17) is 22.1 Å². The molecule has 0 fully saturated rings. The van der Waals surface area contributed by atoms with Gasteiger partial charge in [-0.1, -0.05) is 23.7 Å². The average Bonchev–Trinajstić information content (AvgIpc) is 2.58. The molecule has 96 valence electrons. The monoisotopic (exact) mass is 265 g/mol. The lowest BCUT2D eigenvalue weighted by molar-refractivity contribution is 0.468. The van der Waals surface area contributed by atoms with Crippen molar-refractivity contribution in [2.75, 3.05) is 0 Å². The van der Waals surface area contributed by atoms with Gasteiger partial charge in [-0.2, -0.15) is 5.10 Å². The zero-order valence-corrected chi connectivity index (χ0v) is 11.5. The maximum absolute atomic E-state index is 6.16. The Bertz CT molecular complexity index is 578. The molecule has 2 N–H and O–H groups in total. The van der Waals surface area contributed by atoms with Crippen molar-refractivity contribution in [3.8, 4) is 11.5 Å². The third-order valence-electron chi connectivity index (χ3n) is 2.92. The third-order valence-corrected chi connectivity index (χ3v) is 3.21. The number of hydrogen-bond acceptors (Lipinski definition) is 3. The first-order chi connectivity index (χ1) is 8.54. The first-order valence-electron chi connectivity index (χ1n) is 5.70. The summed E-state index contributed by atoms with van der Waals surface area (Å²) in [6.45, 7) is 4.24. The van der Waals surface area contributed by atoms with E-state index in [2.05, 4.69) is 5.10 Å². The van der Waals surface area contributed by atoms with Gasteiger partial charge in [-0.3, -0.25) is 4.68 Å². The number of para-hydroxylation sites is 1. The number of nitrogens with zero attached hydrogens (tertiary/aromatic N) is 2. The van der Waals surface area contributed by atoms with E-state index in [1.54, 1.807) is 10.7 Å². The smallest absolute Gasteiger partial charge is 0.171 e. The van der Waals surface area contributed by atoms with E-state index < -0.39 is 0 Å². The summed E-state index contributed by atoms with van der Waals surface area (Å²) in [5, 5.41) is 4.87. The van der Waals surface area contributed by atoms with Crippen LogP contribution in [0.15, 0.2) is 18.2 Å². The molecule has 0 saturated heterocycles. The first kappa shape index (κ1) is 12.9. The van der Waals surface area contributed by atoms with Crippen LogP contribution in [-0.4, -0.2) is 9.78 Å². The molecule has 1 aromatic heterocycles. The quantitative estimate of drug-likeness (QED) is 0.928. The molecule has 1 heterocycles. The van der Waals surface area contributed by atoms with Crippen molar-refractivity contribution in [1.29, 1.82) is 0 Å². The van der Waals surface area contributed by atoms with Crippen LogP contribution in [-0.2, 0) is 13.6 Å². The zero-order valence-electron chi connectivity index (χ0n) is 10.7. The van der Waals surface area contributed by atoms with Crippen LogP contribution in [0.2, 0.25) is 5.02 Å². The number of ether oxygens (including phenoxy) is 1. The number of nitrogens with two attached hydrogens (primary N) is 1. The van der Waals surface area contributed by atoms with E-state index in [0.29, 0.717) is 17.3 Å². The molecular formula is C13H16ClN3O. The Balaban J connectivity index is 2.46. The summed E-state index contributed by atoms with van der Waals surface area (Å²) in [6, 6.07) is 5.56. The Morgan fingerprint density at radius 2 is 2.06 bits per heavy atom. The van der Waals surface area contributed by atoms with Crippen LogP contribution in [0.4, 0.5) is 0 Å². The lowest BCUT2D eigenvalue weighted by Gasteiger charge is -2.11. The molecule has 5 heteroatoms. The predicted molar refractivity (Wildman–Crippen MR) is 72.1 cm³/mol. The molecule has 0 aliphatic heterocycles. The van der Waals surface area contributed by atoms with E-state index in [1.807, 2.05) is 33.0 Å². The van der Waals surface area contributed by atoms with E-state index in [-0.39, 0.29) is 0 Å². The van der Waals surface area contributed by atoms with Gasteiger partial charge in [-0.25, -0.2) is 0 Å². The molecule has 1 aromatic carbocycles.